The molecule has 1 aromatic heterocycles. The molecule has 2 aromatic rings. The maximum absolute atomic E-state index is 13.5. The van der Waals surface area contributed by atoms with E-state index in [-0.39, 0.29) is 30.2 Å². The molecule has 9 heteroatoms. The molecule has 0 radical (unpaired) electrons. The zero-order chi connectivity index (χ0) is 24.8. The fourth-order valence-corrected chi connectivity index (χ4v) is 7.52. The number of ether oxygens (including phenoxy) is 1. The summed E-state index contributed by atoms with van der Waals surface area (Å²) in [7, 11) is 0. The van der Waals surface area contributed by atoms with Crippen molar-refractivity contribution in [3.05, 3.63) is 35.2 Å². The second-order valence-electron chi connectivity index (χ2n) is 11.9. The van der Waals surface area contributed by atoms with Gasteiger partial charge in [0.25, 0.3) is 0 Å². The zero-order valence-electron chi connectivity index (χ0n) is 21.1. The van der Waals surface area contributed by atoms with Crippen LogP contribution < -0.4 is 4.74 Å². The quantitative estimate of drug-likeness (QED) is 0.655. The molecule has 3 aliphatic heterocycles. The summed E-state index contributed by atoms with van der Waals surface area (Å²) in [6.07, 6.45) is 5.99. The van der Waals surface area contributed by atoms with Crippen LogP contribution in [0.5, 0.6) is 11.5 Å². The standard InChI is InChI=1S/C27H35N5O4/c1-16(2)19-13-32(29-28-19)15-23(34)31-10-8-27(35)21-11-18-5-6-20(33)25-24(18)26(27,22(14-31)36-25)7-9-30(21)12-17-3-4-17/h5-6,13,16-17,21-22,33,35H,3-4,7-12,14-15H2,1-2H3/t21-,22+,26-,27-/m1/s1. The van der Waals surface area contributed by atoms with Gasteiger partial charge in [0.1, 0.15) is 12.6 Å². The van der Waals surface area contributed by atoms with Crippen LogP contribution in [0, 0.1) is 5.92 Å². The van der Waals surface area contributed by atoms with Crippen molar-refractivity contribution in [2.45, 2.75) is 81.6 Å². The molecule has 5 aliphatic rings. The Hall–Kier alpha value is -2.65. The Balaban J connectivity index is 1.25. The smallest absolute Gasteiger partial charge is 0.244 e. The van der Waals surface area contributed by atoms with Crippen LogP contribution in [0.4, 0.5) is 0 Å². The normalized spacial score (nSPS) is 32.8. The van der Waals surface area contributed by atoms with Crippen LogP contribution in [0.2, 0.25) is 0 Å². The largest absolute Gasteiger partial charge is 0.504 e. The van der Waals surface area contributed by atoms with E-state index < -0.39 is 17.1 Å². The third-order valence-electron chi connectivity index (χ3n) is 9.59. The van der Waals surface area contributed by atoms with Crippen molar-refractivity contribution in [3.63, 3.8) is 0 Å². The lowest BCUT2D eigenvalue weighted by molar-refractivity contribution is -0.162. The Bertz CT molecular complexity index is 1220. The lowest BCUT2D eigenvalue weighted by Gasteiger charge is -2.60. The number of amides is 1. The van der Waals surface area contributed by atoms with Gasteiger partial charge in [0, 0.05) is 30.9 Å². The van der Waals surface area contributed by atoms with E-state index in [1.54, 1.807) is 10.7 Å². The van der Waals surface area contributed by atoms with E-state index in [2.05, 4.69) is 29.1 Å². The molecule has 0 unspecified atom stereocenters. The highest BCUT2D eigenvalue weighted by Gasteiger charge is 2.71. The highest BCUT2D eigenvalue weighted by atomic mass is 16.5. The summed E-state index contributed by atoms with van der Waals surface area (Å²) < 4.78 is 8.10. The van der Waals surface area contributed by atoms with Gasteiger partial charge in [-0.3, -0.25) is 9.69 Å². The Morgan fingerprint density at radius 2 is 2.08 bits per heavy atom. The van der Waals surface area contributed by atoms with E-state index in [0.717, 1.165) is 43.1 Å². The highest BCUT2D eigenvalue weighted by molar-refractivity contribution is 5.76. The molecular formula is C27H35N5O4. The zero-order valence-corrected chi connectivity index (χ0v) is 21.1. The molecule has 7 rings (SSSR count). The number of phenols is 1. The van der Waals surface area contributed by atoms with Gasteiger partial charge in [0.05, 0.1) is 23.3 Å². The molecule has 1 aromatic carbocycles. The molecule has 4 atom stereocenters. The summed E-state index contributed by atoms with van der Waals surface area (Å²) in [5, 5.41) is 31.8. The second kappa shape index (κ2) is 7.68. The average Bonchev–Trinajstić information content (AvgIpc) is 3.45. The molecule has 192 valence electrons. The van der Waals surface area contributed by atoms with Crippen LogP contribution in [0.1, 0.15) is 62.3 Å². The molecule has 3 fully saturated rings. The Morgan fingerprint density at radius 1 is 1.25 bits per heavy atom. The van der Waals surface area contributed by atoms with Gasteiger partial charge in [-0.1, -0.05) is 25.1 Å². The third-order valence-corrected chi connectivity index (χ3v) is 9.59. The SMILES string of the molecule is CC(C)c1cn(CC(=O)N2CC[C@@]3(O)[C@H]4Cc5ccc(O)c6c5[C@@]3(CCN4CC3CC3)[C@H](C2)O6)nn1. The first-order valence-corrected chi connectivity index (χ1v) is 13.5. The minimum atomic E-state index is -1.02. The van der Waals surface area contributed by atoms with Crippen molar-refractivity contribution >= 4 is 5.91 Å². The van der Waals surface area contributed by atoms with Crippen LogP contribution in [0.15, 0.2) is 18.3 Å². The van der Waals surface area contributed by atoms with E-state index in [0.29, 0.717) is 25.3 Å². The average molecular weight is 494 g/mol. The van der Waals surface area contributed by atoms with Crippen LogP contribution in [0.3, 0.4) is 0 Å². The molecule has 4 heterocycles. The monoisotopic (exact) mass is 493 g/mol. The molecular weight excluding hydrogens is 458 g/mol. The third kappa shape index (κ3) is 3.05. The summed E-state index contributed by atoms with van der Waals surface area (Å²) in [5.74, 6) is 1.56. The number of benzene rings is 1. The van der Waals surface area contributed by atoms with E-state index >= 15 is 0 Å². The number of nitrogens with zero attached hydrogens (tertiary/aromatic N) is 5. The highest BCUT2D eigenvalue weighted by Crippen LogP contribution is 2.63. The molecule has 36 heavy (non-hydrogen) atoms. The molecule has 1 spiro atoms. The number of carbonyl (C=O) groups is 1. The lowest BCUT2D eigenvalue weighted by Crippen LogP contribution is -2.74. The van der Waals surface area contributed by atoms with E-state index in [9.17, 15) is 15.0 Å². The number of piperidine rings is 1. The lowest BCUT2D eigenvalue weighted by atomic mass is 9.52. The molecule has 2 saturated heterocycles. The minimum Gasteiger partial charge on any atom is -0.504 e. The molecule has 2 aliphatic carbocycles. The minimum absolute atomic E-state index is 0.0140. The van der Waals surface area contributed by atoms with Gasteiger partial charge in [-0.2, -0.15) is 0 Å². The first-order valence-electron chi connectivity index (χ1n) is 13.5. The van der Waals surface area contributed by atoms with Crippen LogP contribution in [-0.4, -0.2) is 84.8 Å². The maximum atomic E-state index is 13.5. The molecule has 9 nitrogen and oxygen atoms in total. The maximum Gasteiger partial charge on any atom is 0.244 e. The second-order valence-corrected chi connectivity index (χ2v) is 11.9. The molecule has 1 amide bonds. The predicted molar refractivity (Wildman–Crippen MR) is 131 cm³/mol. The summed E-state index contributed by atoms with van der Waals surface area (Å²) >= 11 is 0. The number of hydrogen-bond acceptors (Lipinski definition) is 7. The van der Waals surface area contributed by atoms with Crippen molar-refractivity contribution in [1.29, 1.82) is 0 Å². The van der Waals surface area contributed by atoms with Gasteiger partial charge in [0.15, 0.2) is 11.5 Å². The van der Waals surface area contributed by atoms with Gasteiger partial charge in [0.2, 0.25) is 5.91 Å². The topological polar surface area (TPSA) is 104 Å². The van der Waals surface area contributed by atoms with Crippen LogP contribution in [0.25, 0.3) is 0 Å². The van der Waals surface area contributed by atoms with Crippen molar-refractivity contribution in [2.24, 2.45) is 5.92 Å². The molecule has 2 bridgehead atoms. The number of aromatic nitrogens is 3. The number of likely N-dealkylation sites (tertiary alicyclic amines) is 2. The van der Waals surface area contributed by atoms with Crippen LogP contribution in [-0.2, 0) is 23.2 Å². The number of aliphatic hydroxyl groups is 1. The van der Waals surface area contributed by atoms with Gasteiger partial charge in [-0.05, 0) is 62.1 Å². The van der Waals surface area contributed by atoms with E-state index in [1.807, 2.05) is 17.2 Å². The summed E-state index contributed by atoms with van der Waals surface area (Å²) in [6, 6.07) is 3.72. The Kier molecular flexibility index (Phi) is 4.81. The van der Waals surface area contributed by atoms with Gasteiger partial charge in [-0.25, -0.2) is 4.68 Å². The first kappa shape index (κ1) is 22.5. The number of aromatic hydroxyl groups is 1. The van der Waals surface area contributed by atoms with Crippen molar-refractivity contribution in [3.8, 4) is 11.5 Å². The van der Waals surface area contributed by atoms with Gasteiger partial charge in [-0.15, -0.1) is 5.10 Å². The van der Waals surface area contributed by atoms with Crippen LogP contribution >= 0.6 is 0 Å². The Labute approximate surface area is 211 Å². The number of carbonyl (C=O) groups excluding carboxylic acids is 1. The number of rotatable bonds is 5. The fourth-order valence-electron chi connectivity index (χ4n) is 7.52. The Morgan fingerprint density at radius 3 is 2.83 bits per heavy atom. The summed E-state index contributed by atoms with van der Waals surface area (Å²) in [5.41, 5.74) is 1.38. The summed E-state index contributed by atoms with van der Waals surface area (Å²) in [4.78, 5) is 17.8. The number of hydrogen-bond donors (Lipinski definition) is 2. The summed E-state index contributed by atoms with van der Waals surface area (Å²) in [6.45, 7) is 7.01. The molecule has 2 N–H and O–H groups in total. The van der Waals surface area contributed by atoms with Crippen molar-refractivity contribution in [1.82, 2.24) is 24.8 Å². The van der Waals surface area contributed by atoms with Crippen molar-refractivity contribution in [2.75, 3.05) is 26.2 Å². The molecule has 1 saturated carbocycles. The van der Waals surface area contributed by atoms with E-state index in [4.69, 9.17) is 4.74 Å². The van der Waals surface area contributed by atoms with Crippen molar-refractivity contribution < 1.29 is 19.7 Å². The van der Waals surface area contributed by atoms with Gasteiger partial charge < -0.3 is 19.8 Å². The van der Waals surface area contributed by atoms with E-state index in [1.165, 1.54) is 18.4 Å². The van der Waals surface area contributed by atoms with Gasteiger partial charge >= 0.3 is 0 Å². The number of phenolic OH excluding ortho intramolecular Hbond substituents is 1. The fraction of sp³-hybridized carbons (Fsp3) is 0.667. The predicted octanol–water partition coefficient (Wildman–Crippen LogP) is 1.81. The first-order chi connectivity index (χ1) is 17.3.